The summed E-state index contributed by atoms with van der Waals surface area (Å²) in [6, 6.07) is 14.4. The van der Waals surface area contributed by atoms with Gasteiger partial charge in [-0.05, 0) is 31.4 Å². The van der Waals surface area contributed by atoms with Gasteiger partial charge in [0.2, 0.25) is 0 Å². The predicted octanol–water partition coefficient (Wildman–Crippen LogP) is 6.04. The Morgan fingerprint density at radius 1 is 0.533 bits per heavy atom. The zero-order valence-corrected chi connectivity index (χ0v) is 23.5. The monoisotopic (exact) mass is 635 g/mol. The van der Waals surface area contributed by atoms with Gasteiger partial charge in [0.05, 0.1) is 19.1 Å². The van der Waals surface area contributed by atoms with Gasteiger partial charge in [0.25, 0.3) is 0 Å². The Bertz CT molecular complexity index is 1650. The molecular weight excluding hydrogens is 611 g/mol. The van der Waals surface area contributed by atoms with Crippen LogP contribution in [0.4, 0.5) is 43.9 Å². The van der Waals surface area contributed by atoms with Crippen molar-refractivity contribution < 1.29 is 48.8 Å². The zero-order chi connectivity index (χ0) is 32.5. The van der Waals surface area contributed by atoms with Crippen LogP contribution in [0.25, 0.3) is 0 Å². The molecule has 1 aliphatic rings. The average Bonchev–Trinajstić information content (AvgIpc) is 3.07. The molecule has 0 unspecified atom stereocenters. The number of halogens is 10. The summed E-state index contributed by atoms with van der Waals surface area (Å²) in [5.74, 6) is -20.1. The fourth-order valence-electron chi connectivity index (χ4n) is 6.35. The topological polar surface area (TPSA) is 4.44 Å². The summed E-state index contributed by atoms with van der Waals surface area (Å²) in [6.07, 6.45) is -3.04. The van der Waals surface area contributed by atoms with Crippen molar-refractivity contribution >= 4 is 17.1 Å². The predicted molar refractivity (Wildman–Crippen MR) is 149 cm³/mol. The van der Waals surface area contributed by atoms with E-state index in [-0.39, 0.29) is 5.56 Å². The van der Waals surface area contributed by atoms with E-state index in [1.165, 1.54) is 24.3 Å². The Morgan fingerprint density at radius 2 is 0.933 bits per heavy atom. The van der Waals surface area contributed by atoms with E-state index < -0.39 is 87.6 Å². The highest BCUT2D eigenvalue weighted by molar-refractivity contribution is 7.08. The van der Waals surface area contributed by atoms with Gasteiger partial charge >= 0.3 is 0 Å². The fourth-order valence-corrected chi connectivity index (χ4v) is 6.35. The van der Waals surface area contributed by atoms with Gasteiger partial charge in [-0.2, -0.15) is 0 Å². The number of piperidine rings is 1. The van der Waals surface area contributed by atoms with Crippen LogP contribution in [0.3, 0.4) is 0 Å². The number of hydrogen-bond donors (Lipinski definition) is 1. The molecule has 1 aliphatic heterocycles. The molecular formula is C33H24BF10N. The lowest BCUT2D eigenvalue weighted by atomic mass is 9.16. The maximum Gasteiger partial charge on any atom is 0.200 e. The van der Waals surface area contributed by atoms with Crippen LogP contribution < -0.4 is 15.8 Å². The largest absolute Gasteiger partial charge is 0.331 e. The van der Waals surface area contributed by atoms with Gasteiger partial charge in [-0.25, -0.2) is 43.9 Å². The molecule has 0 spiro atoms. The van der Waals surface area contributed by atoms with Gasteiger partial charge in [-0.3, -0.25) is 5.82 Å². The number of nitrogens with one attached hydrogen (secondary N) is 1. The van der Waals surface area contributed by atoms with E-state index in [2.05, 4.69) is 11.7 Å². The normalized spacial score (nSPS) is 14.6. The molecule has 0 aromatic heterocycles. The second-order valence-electron chi connectivity index (χ2n) is 11.1. The van der Waals surface area contributed by atoms with E-state index >= 15 is 17.6 Å². The number of likely N-dealkylation sites (tertiary alicyclic amines) is 1. The van der Waals surface area contributed by atoms with Gasteiger partial charge in [0.15, 0.2) is 34.9 Å². The van der Waals surface area contributed by atoms with Gasteiger partial charge in [-0.15, -0.1) is 23.2 Å². The molecule has 234 valence electrons. The van der Waals surface area contributed by atoms with Crippen molar-refractivity contribution in [2.45, 2.75) is 31.6 Å². The summed E-state index contributed by atoms with van der Waals surface area (Å²) in [5.41, 5.74) is -3.02. The second-order valence-corrected chi connectivity index (χ2v) is 11.1. The third-order valence-electron chi connectivity index (χ3n) is 8.49. The molecule has 0 radical (unpaired) electrons. The molecule has 1 N–H and O–H groups in total. The number of hydrogen-bond acceptors (Lipinski definition) is 0. The highest BCUT2D eigenvalue weighted by Gasteiger charge is 2.45. The first-order chi connectivity index (χ1) is 21.5. The Kier molecular flexibility index (Phi) is 9.30. The molecule has 0 aliphatic carbocycles. The minimum absolute atomic E-state index is 0.0816. The van der Waals surface area contributed by atoms with E-state index in [9.17, 15) is 26.3 Å². The van der Waals surface area contributed by atoms with Crippen molar-refractivity contribution in [3.63, 3.8) is 0 Å². The first-order valence-electron chi connectivity index (χ1n) is 14.2. The molecule has 5 rings (SSSR count). The highest BCUT2D eigenvalue weighted by atomic mass is 19.2. The minimum atomic E-state index is -4.33. The van der Waals surface area contributed by atoms with Crippen LogP contribution in [0.5, 0.6) is 0 Å². The molecule has 0 bridgehead atoms. The van der Waals surface area contributed by atoms with E-state index in [0.29, 0.717) is 36.4 Å². The highest BCUT2D eigenvalue weighted by Crippen LogP contribution is 2.30. The minimum Gasteiger partial charge on any atom is -0.331 e. The van der Waals surface area contributed by atoms with Gasteiger partial charge in [-0.1, -0.05) is 48.5 Å². The molecule has 1 saturated heterocycles. The molecule has 4 aromatic rings. The van der Waals surface area contributed by atoms with Crippen molar-refractivity contribution in [3.8, 4) is 11.7 Å². The lowest BCUT2D eigenvalue weighted by Gasteiger charge is -2.43. The van der Waals surface area contributed by atoms with Crippen LogP contribution >= 0.6 is 0 Å². The van der Waals surface area contributed by atoms with E-state index in [1.54, 1.807) is 36.4 Å². The molecule has 1 nitrogen and oxygen atoms in total. The third-order valence-corrected chi connectivity index (χ3v) is 8.49. The van der Waals surface area contributed by atoms with Gasteiger partial charge in [0, 0.05) is 11.1 Å². The lowest BCUT2D eigenvalue weighted by Crippen LogP contribution is -3.13. The van der Waals surface area contributed by atoms with Crippen molar-refractivity contribution in [1.29, 1.82) is 0 Å². The lowest BCUT2D eigenvalue weighted by molar-refractivity contribution is -0.934. The van der Waals surface area contributed by atoms with Crippen molar-refractivity contribution in [2.24, 2.45) is 0 Å². The molecule has 12 heteroatoms. The maximum absolute atomic E-state index is 15.9. The Hall–Kier alpha value is -4.24. The Balaban J connectivity index is 1.97. The number of quaternary nitrogens is 1. The van der Waals surface area contributed by atoms with Crippen LogP contribution in [0.1, 0.15) is 36.4 Å². The van der Waals surface area contributed by atoms with Crippen LogP contribution in [-0.4, -0.2) is 19.2 Å². The summed E-state index contributed by atoms with van der Waals surface area (Å²) < 4.78 is 151. The van der Waals surface area contributed by atoms with E-state index in [1.807, 2.05) is 0 Å². The number of benzene rings is 4. The fraction of sp³-hybridized carbons (Fsp3) is 0.212. The molecule has 1 heterocycles. The third kappa shape index (κ3) is 5.81. The zero-order valence-electron chi connectivity index (χ0n) is 23.5. The maximum atomic E-state index is 15.9. The van der Waals surface area contributed by atoms with Gasteiger partial charge in [0.1, 0.15) is 29.4 Å². The van der Waals surface area contributed by atoms with Gasteiger partial charge < -0.3 is 4.90 Å². The van der Waals surface area contributed by atoms with Crippen molar-refractivity contribution in [2.75, 3.05) is 13.1 Å². The number of rotatable bonds is 6. The summed E-state index contributed by atoms with van der Waals surface area (Å²) in [4.78, 5) is 0.716. The second kappa shape index (κ2) is 13.0. The Labute approximate surface area is 252 Å². The summed E-state index contributed by atoms with van der Waals surface area (Å²) in [6.45, 7) is 0.873. The summed E-state index contributed by atoms with van der Waals surface area (Å²) in [5, 5.41) is 0. The van der Waals surface area contributed by atoms with E-state index in [4.69, 9.17) is 0 Å². The molecule has 0 amide bonds. The smallest absolute Gasteiger partial charge is 0.200 e. The summed E-state index contributed by atoms with van der Waals surface area (Å²) in [7, 11) is 0. The quantitative estimate of drug-likeness (QED) is 0.0867. The standard InChI is InChI=1S/C33H23BF10N/c35-24-22(25(36)29(40)32(43)28(24)39)34(15-14-19-10-4-1-5-11-19,23-26(37)30(41)33(44)31(42)27(23)38)18-21(20-12-6-2-7-13-20)45-16-8-3-9-17-45/h1-2,4-7,10-13,21H,3,8-9,16-18H2/q-1/p+1/t21-/m0/s1. The first-order valence-corrected chi connectivity index (χ1v) is 14.2. The molecule has 0 saturated carbocycles. The van der Waals surface area contributed by atoms with Crippen LogP contribution in [0.15, 0.2) is 60.7 Å². The molecule has 45 heavy (non-hydrogen) atoms. The van der Waals surface area contributed by atoms with Crippen molar-refractivity contribution in [3.05, 3.63) is 130 Å². The molecule has 1 atom stereocenters. The van der Waals surface area contributed by atoms with E-state index in [0.717, 1.165) is 6.42 Å². The van der Waals surface area contributed by atoms with Crippen molar-refractivity contribution in [1.82, 2.24) is 0 Å². The average molecular weight is 635 g/mol. The van der Waals surface area contributed by atoms with Crippen LogP contribution in [0, 0.1) is 69.9 Å². The molecule has 4 aromatic carbocycles. The Morgan fingerprint density at radius 3 is 1.38 bits per heavy atom. The van der Waals surface area contributed by atoms with Crippen LogP contribution in [-0.2, 0) is 0 Å². The summed E-state index contributed by atoms with van der Waals surface area (Å²) >= 11 is 0. The first kappa shape index (κ1) is 32.2. The molecule has 1 fully saturated rings. The van der Waals surface area contributed by atoms with Crippen LogP contribution in [0.2, 0.25) is 6.32 Å². The SMILES string of the molecule is Fc1c(F)c(F)c([B-](C#Cc2ccccc2)(C[C@@H](c2ccccc2)[NH+]2CCCCC2)c2c(F)c(F)c(F)c(F)c2F)c(F)c1F.